The number of carbonyl (C=O) groups is 1. The molecule has 0 radical (unpaired) electrons. The van der Waals surface area contributed by atoms with Gasteiger partial charge in [0.05, 0.1) is 7.11 Å². The number of halogens is 2. The van der Waals surface area contributed by atoms with E-state index >= 15 is 0 Å². The van der Waals surface area contributed by atoms with Crippen LogP contribution < -0.4 is 4.72 Å². The minimum absolute atomic E-state index is 0.0392. The highest BCUT2D eigenvalue weighted by atomic mass is 35.5. The summed E-state index contributed by atoms with van der Waals surface area (Å²) >= 11 is 5.80. The maximum atomic E-state index is 13.7. The van der Waals surface area contributed by atoms with Crippen LogP contribution in [0.5, 0.6) is 0 Å². The molecular formula is C16H15ClFNO4S. The Bertz CT molecular complexity index is 824. The largest absolute Gasteiger partial charge is 0.468 e. The van der Waals surface area contributed by atoms with E-state index in [2.05, 4.69) is 9.46 Å². The Labute approximate surface area is 144 Å². The lowest BCUT2D eigenvalue weighted by Gasteiger charge is -2.17. The molecule has 0 aromatic heterocycles. The van der Waals surface area contributed by atoms with Crippen molar-refractivity contribution in [2.45, 2.75) is 17.4 Å². The van der Waals surface area contributed by atoms with E-state index in [0.717, 1.165) is 19.2 Å². The first-order valence-corrected chi connectivity index (χ1v) is 8.79. The number of hydrogen-bond donors (Lipinski definition) is 1. The first kappa shape index (κ1) is 18.4. The zero-order valence-electron chi connectivity index (χ0n) is 12.7. The molecule has 0 heterocycles. The minimum atomic E-state index is -4.23. The van der Waals surface area contributed by atoms with Gasteiger partial charge in [0.2, 0.25) is 10.0 Å². The third-order valence-electron chi connectivity index (χ3n) is 3.26. The molecule has 1 unspecified atom stereocenters. The summed E-state index contributed by atoms with van der Waals surface area (Å²) in [5.41, 5.74) is 0.672. The maximum absolute atomic E-state index is 13.7. The van der Waals surface area contributed by atoms with E-state index in [1.165, 1.54) is 12.1 Å². The maximum Gasteiger partial charge on any atom is 0.324 e. The van der Waals surface area contributed by atoms with Gasteiger partial charge in [-0.2, -0.15) is 4.72 Å². The molecule has 0 aliphatic rings. The van der Waals surface area contributed by atoms with E-state index in [0.29, 0.717) is 10.6 Å². The highest BCUT2D eigenvalue weighted by Crippen LogP contribution is 2.16. The van der Waals surface area contributed by atoms with Crippen molar-refractivity contribution >= 4 is 27.6 Å². The minimum Gasteiger partial charge on any atom is -0.468 e. The highest BCUT2D eigenvalue weighted by molar-refractivity contribution is 7.89. The summed E-state index contributed by atoms with van der Waals surface area (Å²) in [5, 5.41) is 0.514. The number of ether oxygens (including phenoxy) is 1. The molecule has 0 saturated carbocycles. The van der Waals surface area contributed by atoms with E-state index in [4.69, 9.17) is 11.6 Å². The zero-order chi connectivity index (χ0) is 17.7. The molecule has 24 heavy (non-hydrogen) atoms. The normalized spacial score (nSPS) is 12.6. The van der Waals surface area contributed by atoms with Crippen LogP contribution in [0.1, 0.15) is 5.56 Å². The highest BCUT2D eigenvalue weighted by Gasteiger charge is 2.28. The van der Waals surface area contributed by atoms with Gasteiger partial charge in [-0.1, -0.05) is 35.9 Å². The van der Waals surface area contributed by atoms with Crippen LogP contribution in [-0.2, 0) is 26.0 Å². The first-order chi connectivity index (χ1) is 11.3. The Kier molecular flexibility index (Phi) is 5.93. The lowest BCUT2D eigenvalue weighted by atomic mass is 10.1. The van der Waals surface area contributed by atoms with E-state index < -0.39 is 32.7 Å². The molecule has 0 amide bonds. The van der Waals surface area contributed by atoms with Crippen LogP contribution >= 0.6 is 11.6 Å². The van der Waals surface area contributed by atoms with Gasteiger partial charge < -0.3 is 4.74 Å². The number of benzene rings is 2. The fourth-order valence-corrected chi connectivity index (χ4v) is 3.47. The number of rotatable bonds is 6. The van der Waals surface area contributed by atoms with Crippen molar-refractivity contribution in [2.24, 2.45) is 0 Å². The van der Waals surface area contributed by atoms with Gasteiger partial charge in [0.1, 0.15) is 16.8 Å². The SMILES string of the molecule is COC(=O)C(Cc1ccc(Cl)cc1)NS(=O)(=O)c1ccccc1F. The van der Waals surface area contributed by atoms with Crippen molar-refractivity contribution < 1.29 is 22.3 Å². The smallest absolute Gasteiger partial charge is 0.324 e. The lowest BCUT2D eigenvalue weighted by molar-refractivity contribution is -0.142. The fourth-order valence-electron chi connectivity index (χ4n) is 2.08. The summed E-state index contributed by atoms with van der Waals surface area (Å²) in [5.74, 6) is -1.68. The first-order valence-electron chi connectivity index (χ1n) is 6.92. The average molecular weight is 372 g/mol. The number of hydrogen-bond acceptors (Lipinski definition) is 4. The second kappa shape index (κ2) is 7.74. The summed E-state index contributed by atoms with van der Waals surface area (Å²) in [7, 11) is -3.08. The molecular weight excluding hydrogens is 357 g/mol. The number of nitrogens with one attached hydrogen (secondary N) is 1. The van der Waals surface area contributed by atoms with Crippen LogP contribution in [-0.4, -0.2) is 27.5 Å². The Morgan fingerprint density at radius 1 is 1.21 bits per heavy atom. The van der Waals surface area contributed by atoms with Crippen molar-refractivity contribution in [2.75, 3.05) is 7.11 Å². The number of carbonyl (C=O) groups excluding carboxylic acids is 1. The summed E-state index contributed by atoms with van der Waals surface area (Å²) in [6, 6.07) is 10.3. The van der Waals surface area contributed by atoms with E-state index in [-0.39, 0.29) is 6.42 Å². The molecule has 2 aromatic rings. The standard InChI is InChI=1S/C16H15ClFNO4S/c1-23-16(20)14(10-11-6-8-12(17)9-7-11)19-24(21,22)15-5-3-2-4-13(15)18/h2-9,14,19H,10H2,1H3. The molecule has 2 rings (SSSR count). The third kappa shape index (κ3) is 4.53. The number of esters is 1. The third-order valence-corrected chi connectivity index (χ3v) is 5.02. The van der Waals surface area contributed by atoms with Gasteiger partial charge in [0.25, 0.3) is 0 Å². The molecule has 8 heteroatoms. The van der Waals surface area contributed by atoms with Crippen molar-refractivity contribution in [1.29, 1.82) is 0 Å². The summed E-state index contributed by atoms with van der Waals surface area (Å²) in [6.07, 6.45) is 0.0392. The molecule has 5 nitrogen and oxygen atoms in total. The van der Waals surface area contributed by atoms with Gasteiger partial charge in [-0.25, -0.2) is 12.8 Å². The van der Waals surface area contributed by atoms with E-state index in [1.807, 2.05) is 0 Å². The predicted molar refractivity (Wildman–Crippen MR) is 87.7 cm³/mol. The fraction of sp³-hybridized carbons (Fsp3) is 0.188. The van der Waals surface area contributed by atoms with Gasteiger partial charge in [-0.15, -0.1) is 0 Å². The molecule has 1 atom stereocenters. The van der Waals surface area contributed by atoms with Gasteiger partial charge >= 0.3 is 5.97 Å². The molecule has 2 aromatic carbocycles. The Morgan fingerprint density at radius 3 is 2.42 bits per heavy atom. The Hall–Kier alpha value is -1.96. The topological polar surface area (TPSA) is 72.5 Å². The van der Waals surface area contributed by atoms with Crippen LogP contribution in [0.15, 0.2) is 53.4 Å². The van der Waals surface area contributed by atoms with Gasteiger partial charge in [-0.05, 0) is 36.2 Å². The van der Waals surface area contributed by atoms with Crippen molar-refractivity contribution in [3.05, 3.63) is 64.9 Å². The van der Waals surface area contributed by atoms with Crippen molar-refractivity contribution in [1.82, 2.24) is 4.72 Å². The van der Waals surface area contributed by atoms with Crippen LogP contribution in [0.3, 0.4) is 0 Å². The average Bonchev–Trinajstić information content (AvgIpc) is 2.55. The van der Waals surface area contributed by atoms with E-state index in [9.17, 15) is 17.6 Å². The van der Waals surface area contributed by atoms with Crippen LogP contribution in [0.4, 0.5) is 4.39 Å². The lowest BCUT2D eigenvalue weighted by Crippen LogP contribution is -2.43. The van der Waals surface area contributed by atoms with Crippen LogP contribution in [0.25, 0.3) is 0 Å². The molecule has 1 N–H and O–H groups in total. The Balaban J connectivity index is 2.27. The number of methoxy groups -OCH3 is 1. The summed E-state index contributed by atoms with van der Waals surface area (Å²) in [6.45, 7) is 0. The molecule has 128 valence electrons. The second-order valence-corrected chi connectivity index (χ2v) is 7.08. The molecule has 0 bridgehead atoms. The molecule has 0 saturated heterocycles. The quantitative estimate of drug-likeness (QED) is 0.792. The van der Waals surface area contributed by atoms with Gasteiger partial charge in [-0.3, -0.25) is 4.79 Å². The predicted octanol–water partition coefficient (Wildman–Crippen LogP) is 2.54. The van der Waals surface area contributed by atoms with Gasteiger partial charge in [0.15, 0.2) is 0 Å². The van der Waals surface area contributed by atoms with Crippen molar-refractivity contribution in [3.63, 3.8) is 0 Å². The zero-order valence-corrected chi connectivity index (χ0v) is 14.3. The van der Waals surface area contributed by atoms with Crippen molar-refractivity contribution in [3.8, 4) is 0 Å². The second-order valence-electron chi connectivity index (χ2n) is 4.96. The van der Waals surface area contributed by atoms with E-state index in [1.54, 1.807) is 24.3 Å². The molecule has 0 fully saturated rings. The summed E-state index contributed by atoms with van der Waals surface area (Å²) < 4.78 is 45.3. The van der Waals surface area contributed by atoms with Crippen LogP contribution in [0.2, 0.25) is 5.02 Å². The molecule has 0 aliphatic carbocycles. The molecule has 0 spiro atoms. The Morgan fingerprint density at radius 2 is 1.83 bits per heavy atom. The number of sulfonamides is 1. The molecule has 0 aliphatic heterocycles. The summed E-state index contributed by atoms with van der Waals surface area (Å²) in [4.78, 5) is 11.4. The van der Waals surface area contributed by atoms with Crippen LogP contribution in [0, 0.1) is 5.82 Å². The monoisotopic (exact) mass is 371 g/mol. The van der Waals surface area contributed by atoms with Gasteiger partial charge in [0, 0.05) is 5.02 Å².